The van der Waals surface area contributed by atoms with Crippen LogP contribution in [0.3, 0.4) is 0 Å². The van der Waals surface area contributed by atoms with E-state index < -0.39 is 11.5 Å². The van der Waals surface area contributed by atoms with E-state index >= 15 is 0 Å². The van der Waals surface area contributed by atoms with Gasteiger partial charge in [-0.15, -0.1) is 0 Å². The Morgan fingerprint density at radius 2 is 1.70 bits per heavy atom. The predicted octanol–water partition coefficient (Wildman–Crippen LogP) is 1.15. The van der Waals surface area contributed by atoms with Crippen molar-refractivity contribution in [2.45, 2.75) is 56.9 Å². The van der Waals surface area contributed by atoms with Gasteiger partial charge in [0.2, 0.25) is 11.8 Å². The van der Waals surface area contributed by atoms with Crippen LogP contribution in [0.2, 0.25) is 0 Å². The number of nitrogens with one attached hydrogen (secondary N) is 1. The van der Waals surface area contributed by atoms with E-state index in [0.717, 1.165) is 19.3 Å². The monoisotopic (exact) mass is 284 g/mol. The molecule has 2 amide bonds. The van der Waals surface area contributed by atoms with Crippen molar-refractivity contribution in [3.8, 4) is 0 Å². The summed E-state index contributed by atoms with van der Waals surface area (Å²) in [5, 5.41) is 12.0. The molecule has 0 aromatic rings. The topological polar surface area (TPSA) is 86.7 Å². The Balaban J connectivity index is 2.43. The van der Waals surface area contributed by atoms with E-state index in [2.05, 4.69) is 5.32 Å². The number of nitrogens with zero attached hydrogens (tertiary/aromatic N) is 1. The lowest BCUT2D eigenvalue weighted by molar-refractivity contribution is -0.149. The number of carboxylic acid groups (broad SMARTS) is 1. The molecule has 0 heterocycles. The van der Waals surface area contributed by atoms with E-state index in [1.54, 1.807) is 14.1 Å². The summed E-state index contributed by atoms with van der Waals surface area (Å²) >= 11 is 0. The second kappa shape index (κ2) is 7.26. The molecule has 0 aromatic heterocycles. The number of carbonyl (C=O) groups is 3. The molecule has 1 fully saturated rings. The minimum Gasteiger partial charge on any atom is -0.480 e. The molecule has 20 heavy (non-hydrogen) atoms. The van der Waals surface area contributed by atoms with Crippen LogP contribution in [0.4, 0.5) is 0 Å². The highest BCUT2D eigenvalue weighted by molar-refractivity contribution is 5.87. The van der Waals surface area contributed by atoms with E-state index in [1.807, 2.05) is 0 Å². The second-order valence-electron chi connectivity index (χ2n) is 5.64. The first-order chi connectivity index (χ1) is 9.37. The highest BCUT2D eigenvalue weighted by atomic mass is 16.4. The van der Waals surface area contributed by atoms with Crippen molar-refractivity contribution in [2.75, 3.05) is 14.1 Å². The zero-order valence-electron chi connectivity index (χ0n) is 12.3. The van der Waals surface area contributed by atoms with E-state index in [0.29, 0.717) is 25.7 Å². The molecule has 6 heteroatoms. The lowest BCUT2D eigenvalue weighted by Gasteiger charge is -2.34. The molecule has 114 valence electrons. The van der Waals surface area contributed by atoms with Gasteiger partial charge in [0.05, 0.1) is 0 Å². The Labute approximate surface area is 119 Å². The number of rotatable bonds is 6. The average Bonchev–Trinajstić information content (AvgIpc) is 2.39. The highest BCUT2D eigenvalue weighted by Crippen LogP contribution is 2.28. The lowest BCUT2D eigenvalue weighted by atomic mass is 9.81. The van der Waals surface area contributed by atoms with Crippen molar-refractivity contribution >= 4 is 17.8 Å². The molecule has 1 aliphatic carbocycles. The van der Waals surface area contributed by atoms with Crippen molar-refractivity contribution in [1.82, 2.24) is 10.2 Å². The van der Waals surface area contributed by atoms with E-state index in [1.165, 1.54) is 4.90 Å². The van der Waals surface area contributed by atoms with Gasteiger partial charge in [-0.1, -0.05) is 19.3 Å². The van der Waals surface area contributed by atoms with Gasteiger partial charge in [0, 0.05) is 26.9 Å². The minimum absolute atomic E-state index is 0.0246. The maximum Gasteiger partial charge on any atom is 0.329 e. The third-order valence-electron chi connectivity index (χ3n) is 3.79. The molecule has 0 unspecified atom stereocenters. The van der Waals surface area contributed by atoms with Gasteiger partial charge in [0.15, 0.2) is 0 Å². The summed E-state index contributed by atoms with van der Waals surface area (Å²) < 4.78 is 0. The largest absolute Gasteiger partial charge is 0.480 e. The van der Waals surface area contributed by atoms with Crippen LogP contribution in [-0.4, -0.2) is 47.4 Å². The fourth-order valence-electron chi connectivity index (χ4n) is 2.50. The molecular weight excluding hydrogens is 260 g/mol. The van der Waals surface area contributed by atoms with Crippen LogP contribution in [0, 0.1) is 0 Å². The summed E-state index contributed by atoms with van der Waals surface area (Å²) in [7, 11) is 3.34. The summed E-state index contributed by atoms with van der Waals surface area (Å²) in [6, 6.07) is 0. The zero-order valence-corrected chi connectivity index (χ0v) is 12.3. The van der Waals surface area contributed by atoms with Crippen LogP contribution in [0.5, 0.6) is 0 Å². The molecule has 1 aliphatic rings. The SMILES string of the molecule is CN(C)C(=O)CCCC(=O)NC1(C(=O)O)CCCCC1. The van der Waals surface area contributed by atoms with E-state index in [-0.39, 0.29) is 18.2 Å². The third-order valence-corrected chi connectivity index (χ3v) is 3.79. The molecule has 0 bridgehead atoms. The van der Waals surface area contributed by atoms with Crippen LogP contribution in [-0.2, 0) is 14.4 Å². The van der Waals surface area contributed by atoms with Crippen molar-refractivity contribution in [3.05, 3.63) is 0 Å². The van der Waals surface area contributed by atoms with Crippen LogP contribution < -0.4 is 5.32 Å². The summed E-state index contributed by atoms with van der Waals surface area (Å²) in [5.41, 5.74) is -1.10. The van der Waals surface area contributed by atoms with Crippen molar-refractivity contribution < 1.29 is 19.5 Å². The Morgan fingerprint density at radius 3 is 2.20 bits per heavy atom. The first-order valence-electron chi connectivity index (χ1n) is 7.12. The normalized spacial score (nSPS) is 17.3. The summed E-state index contributed by atoms with van der Waals surface area (Å²) in [6.45, 7) is 0. The maximum atomic E-state index is 11.9. The Hall–Kier alpha value is -1.59. The van der Waals surface area contributed by atoms with Gasteiger partial charge < -0.3 is 15.3 Å². The first-order valence-corrected chi connectivity index (χ1v) is 7.12. The van der Waals surface area contributed by atoms with Gasteiger partial charge in [-0.05, 0) is 19.3 Å². The molecular formula is C14H24N2O4. The third kappa shape index (κ3) is 4.51. The fourth-order valence-corrected chi connectivity index (χ4v) is 2.50. The van der Waals surface area contributed by atoms with Crippen LogP contribution in [0.25, 0.3) is 0 Å². The quantitative estimate of drug-likeness (QED) is 0.766. The van der Waals surface area contributed by atoms with Crippen molar-refractivity contribution in [2.24, 2.45) is 0 Å². The molecule has 0 saturated heterocycles. The number of amides is 2. The van der Waals surface area contributed by atoms with Crippen LogP contribution in [0.15, 0.2) is 0 Å². The van der Waals surface area contributed by atoms with E-state index in [9.17, 15) is 19.5 Å². The molecule has 2 N–H and O–H groups in total. The van der Waals surface area contributed by atoms with Gasteiger partial charge in [-0.2, -0.15) is 0 Å². The Kier molecular flexibility index (Phi) is 5.98. The number of hydrogen-bond donors (Lipinski definition) is 2. The van der Waals surface area contributed by atoms with Gasteiger partial charge >= 0.3 is 5.97 Å². The zero-order chi connectivity index (χ0) is 15.2. The summed E-state index contributed by atoms with van der Waals surface area (Å²) in [5.74, 6) is -1.25. The smallest absolute Gasteiger partial charge is 0.329 e. The number of hydrogen-bond acceptors (Lipinski definition) is 3. The standard InChI is InChI=1S/C14H24N2O4/c1-16(2)12(18)8-6-7-11(17)15-14(13(19)20)9-4-3-5-10-14/h3-10H2,1-2H3,(H,15,17)(H,19,20). The van der Waals surface area contributed by atoms with Gasteiger partial charge in [-0.3, -0.25) is 9.59 Å². The predicted molar refractivity (Wildman–Crippen MR) is 74.1 cm³/mol. The molecule has 0 radical (unpaired) electrons. The van der Waals surface area contributed by atoms with Crippen molar-refractivity contribution in [3.63, 3.8) is 0 Å². The Morgan fingerprint density at radius 1 is 1.10 bits per heavy atom. The molecule has 0 aromatic carbocycles. The molecule has 6 nitrogen and oxygen atoms in total. The van der Waals surface area contributed by atoms with Gasteiger partial charge in [0.25, 0.3) is 0 Å². The van der Waals surface area contributed by atoms with Crippen LogP contribution >= 0.6 is 0 Å². The minimum atomic E-state index is -1.10. The second-order valence-corrected chi connectivity index (χ2v) is 5.64. The summed E-state index contributed by atoms with van der Waals surface area (Å²) in [4.78, 5) is 36.2. The van der Waals surface area contributed by atoms with Gasteiger partial charge in [0.1, 0.15) is 5.54 Å². The fraction of sp³-hybridized carbons (Fsp3) is 0.786. The molecule has 1 saturated carbocycles. The molecule has 0 aliphatic heterocycles. The average molecular weight is 284 g/mol. The molecule has 0 atom stereocenters. The molecule has 0 spiro atoms. The first kappa shape index (κ1) is 16.5. The summed E-state index contributed by atoms with van der Waals surface area (Å²) in [6.07, 6.45) is 4.59. The number of carboxylic acids is 1. The van der Waals surface area contributed by atoms with Crippen LogP contribution in [0.1, 0.15) is 51.4 Å². The van der Waals surface area contributed by atoms with Crippen molar-refractivity contribution in [1.29, 1.82) is 0 Å². The Bertz CT molecular complexity index is 373. The number of aliphatic carboxylic acids is 1. The lowest BCUT2D eigenvalue weighted by Crippen LogP contribution is -2.55. The molecule has 1 rings (SSSR count). The number of carbonyl (C=O) groups excluding carboxylic acids is 2. The van der Waals surface area contributed by atoms with E-state index in [4.69, 9.17) is 0 Å². The maximum absolute atomic E-state index is 11.9. The highest BCUT2D eigenvalue weighted by Gasteiger charge is 2.40. The van der Waals surface area contributed by atoms with Gasteiger partial charge in [-0.25, -0.2) is 4.79 Å².